The minimum Gasteiger partial charge on any atom is -0.363 e. The minimum atomic E-state index is 0. The molecule has 4 aromatic rings. The Morgan fingerprint density at radius 1 is 1.16 bits per heavy atom. The summed E-state index contributed by atoms with van der Waals surface area (Å²) in [4.78, 5) is 13.0. The lowest BCUT2D eigenvalue weighted by Gasteiger charge is -2.15. The van der Waals surface area contributed by atoms with E-state index in [2.05, 4.69) is 32.3 Å². The lowest BCUT2D eigenvalue weighted by molar-refractivity contribution is 0.872. The lowest BCUT2D eigenvalue weighted by Crippen LogP contribution is -2.08. The van der Waals surface area contributed by atoms with Crippen LogP contribution in [0.5, 0.6) is 0 Å². The largest absolute Gasteiger partial charge is 0.363 e. The standard InChI is InChI=1S/C18H15ClN6.H2/c1-12(13-3-5-14(19)6-4-13)24-17-9-16(21-11-22-17)15-10-23-25-8-2-7-20-18(15)25;/h2-12H,1H3,(H,21,22,24);1H/t12-;/m1./s1. The van der Waals surface area contributed by atoms with Crippen molar-refractivity contribution < 1.29 is 1.43 Å². The molecule has 0 bridgehead atoms. The van der Waals surface area contributed by atoms with Crippen molar-refractivity contribution in [2.24, 2.45) is 0 Å². The van der Waals surface area contributed by atoms with Gasteiger partial charge in [-0.3, -0.25) is 0 Å². The molecule has 0 saturated heterocycles. The summed E-state index contributed by atoms with van der Waals surface area (Å²) in [6.45, 7) is 2.07. The third-order valence-electron chi connectivity index (χ3n) is 3.96. The van der Waals surface area contributed by atoms with E-state index in [0.29, 0.717) is 0 Å². The summed E-state index contributed by atoms with van der Waals surface area (Å²) < 4.78 is 1.72. The van der Waals surface area contributed by atoms with E-state index in [1.165, 1.54) is 0 Å². The summed E-state index contributed by atoms with van der Waals surface area (Å²) in [7, 11) is 0. The van der Waals surface area contributed by atoms with Crippen LogP contribution in [0.15, 0.2) is 61.3 Å². The second-order valence-corrected chi connectivity index (χ2v) is 6.09. The number of anilines is 1. The first-order valence-electron chi connectivity index (χ1n) is 7.83. The lowest BCUT2D eigenvalue weighted by atomic mass is 10.1. The van der Waals surface area contributed by atoms with E-state index >= 15 is 0 Å². The first-order valence-corrected chi connectivity index (χ1v) is 8.21. The topological polar surface area (TPSA) is 68.0 Å². The number of aromatic nitrogens is 5. The van der Waals surface area contributed by atoms with E-state index < -0.39 is 0 Å². The Kier molecular flexibility index (Phi) is 4.03. The maximum atomic E-state index is 5.95. The van der Waals surface area contributed by atoms with Crippen LogP contribution in [-0.2, 0) is 0 Å². The number of fused-ring (bicyclic) bond motifs is 1. The van der Waals surface area contributed by atoms with Crippen molar-refractivity contribution in [3.8, 4) is 11.3 Å². The van der Waals surface area contributed by atoms with Crippen LogP contribution in [0.3, 0.4) is 0 Å². The van der Waals surface area contributed by atoms with Gasteiger partial charge >= 0.3 is 0 Å². The third-order valence-corrected chi connectivity index (χ3v) is 4.21. The van der Waals surface area contributed by atoms with Crippen LogP contribution in [0.4, 0.5) is 5.82 Å². The zero-order valence-corrected chi connectivity index (χ0v) is 14.2. The highest BCUT2D eigenvalue weighted by molar-refractivity contribution is 6.30. The zero-order chi connectivity index (χ0) is 17.2. The molecule has 6 nitrogen and oxygen atoms in total. The van der Waals surface area contributed by atoms with Gasteiger partial charge in [-0.25, -0.2) is 19.5 Å². The molecule has 25 heavy (non-hydrogen) atoms. The monoisotopic (exact) mass is 352 g/mol. The number of rotatable bonds is 4. The van der Waals surface area contributed by atoms with Crippen molar-refractivity contribution in [1.29, 1.82) is 0 Å². The van der Waals surface area contributed by atoms with Crippen LogP contribution in [0, 0.1) is 0 Å². The molecule has 0 aliphatic heterocycles. The van der Waals surface area contributed by atoms with E-state index in [9.17, 15) is 0 Å². The molecular formula is C18H17ClN6. The number of benzene rings is 1. The van der Waals surface area contributed by atoms with Gasteiger partial charge in [-0.1, -0.05) is 23.7 Å². The maximum Gasteiger partial charge on any atom is 0.164 e. The average molecular weight is 353 g/mol. The minimum absolute atomic E-state index is 0. The van der Waals surface area contributed by atoms with Gasteiger partial charge in [-0.05, 0) is 30.7 Å². The Hall–Kier alpha value is -2.99. The van der Waals surface area contributed by atoms with Crippen molar-refractivity contribution in [2.45, 2.75) is 13.0 Å². The Labute approximate surface area is 151 Å². The number of nitrogens with zero attached hydrogens (tertiary/aromatic N) is 5. The van der Waals surface area contributed by atoms with Gasteiger partial charge in [0.25, 0.3) is 0 Å². The molecule has 0 radical (unpaired) electrons. The normalized spacial score (nSPS) is 12.2. The molecule has 3 heterocycles. The molecule has 0 aliphatic carbocycles. The number of hydrogen-bond donors (Lipinski definition) is 1. The van der Waals surface area contributed by atoms with Gasteiger partial charge in [-0.2, -0.15) is 5.10 Å². The van der Waals surface area contributed by atoms with Gasteiger partial charge in [0.1, 0.15) is 12.1 Å². The first kappa shape index (κ1) is 15.5. The first-order chi connectivity index (χ1) is 12.2. The van der Waals surface area contributed by atoms with Crippen molar-refractivity contribution >= 4 is 23.1 Å². The second kappa shape index (κ2) is 6.49. The van der Waals surface area contributed by atoms with Gasteiger partial charge in [0.15, 0.2) is 5.65 Å². The van der Waals surface area contributed by atoms with E-state index in [4.69, 9.17) is 11.6 Å². The fraction of sp³-hybridized carbons (Fsp3) is 0.111. The Bertz CT molecular complexity index is 1020. The van der Waals surface area contributed by atoms with Crippen LogP contribution >= 0.6 is 11.6 Å². The Morgan fingerprint density at radius 3 is 2.84 bits per heavy atom. The molecule has 0 fully saturated rings. The summed E-state index contributed by atoms with van der Waals surface area (Å²) in [6.07, 6.45) is 6.90. The molecule has 1 aromatic carbocycles. The Balaban J connectivity index is 0.00000196. The quantitative estimate of drug-likeness (QED) is 0.594. The molecule has 7 heteroatoms. The molecule has 0 unspecified atom stereocenters. The van der Waals surface area contributed by atoms with Gasteiger partial charge in [0.05, 0.1) is 17.5 Å². The third kappa shape index (κ3) is 3.16. The SMILES string of the molecule is C[C@@H](Nc1cc(-c2cnn3cccnc23)ncn1)c1ccc(Cl)cc1.[HH]. The van der Waals surface area contributed by atoms with E-state index in [1.807, 2.05) is 42.6 Å². The highest BCUT2D eigenvalue weighted by Gasteiger charge is 2.11. The summed E-state index contributed by atoms with van der Waals surface area (Å²) in [5, 5.41) is 8.41. The molecule has 3 aromatic heterocycles. The van der Waals surface area contributed by atoms with Crippen molar-refractivity contribution in [3.05, 3.63) is 71.9 Å². The summed E-state index contributed by atoms with van der Waals surface area (Å²) in [6, 6.07) is 11.6. The molecule has 1 N–H and O–H groups in total. The molecular weight excluding hydrogens is 336 g/mol. The zero-order valence-electron chi connectivity index (χ0n) is 13.5. The molecule has 126 valence electrons. The number of hydrogen-bond acceptors (Lipinski definition) is 5. The fourth-order valence-corrected chi connectivity index (χ4v) is 2.77. The van der Waals surface area contributed by atoms with Gasteiger partial charge in [0, 0.05) is 31.0 Å². The van der Waals surface area contributed by atoms with Gasteiger partial charge < -0.3 is 5.32 Å². The highest BCUT2D eigenvalue weighted by atomic mass is 35.5. The molecule has 1 atom stereocenters. The predicted octanol–water partition coefficient (Wildman–Crippen LogP) is 4.26. The van der Waals surface area contributed by atoms with Crippen LogP contribution in [0.2, 0.25) is 5.02 Å². The van der Waals surface area contributed by atoms with E-state index in [1.54, 1.807) is 23.2 Å². The summed E-state index contributed by atoms with van der Waals surface area (Å²) >= 11 is 5.95. The van der Waals surface area contributed by atoms with Gasteiger partial charge in [0.2, 0.25) is 0 Å². The molecule has 0 spiro atoms. The molecule has 0 saturated carbocycles. The van der Waals surface area contributed by atoms with Gasteiger partial charge in [-0.15, -0.1) is 0 Å². The molecule has 4 rings (SSSR count). The Morgan fingerprint density at radius 2 is 2.00 bits per heavy atom. The predicted molar refractivity (Wildman–Crippen MR) is 99.6 cm³/mol. The van der Waals surface area contributed by atoms with Crippen molar-refractivity contribution in [3.63, 3.8) is 0 Å². The smallest absolute Gasteiger partial charge is 0.164 e. The van der Waals surface area contributed by atoms with Crippen LogP contribution in [-0.4, -0.2) is 24.6 Å². The van der Waals surface area contributed by atoms with Crippen molar-refractivity contribution in [1.82, 2.24) is 24.6 Å². The maximum absolute atomic E-state index is 5.95. The van der Waals surface area contributed by atoms with Crippen LogP contribution in [0.25, 0.3) is 16.9 Å². The second-order valence-electron chi connectivity index (χ2n) is 5.65. The van der Waals surface area contributed by atoms with Crippen LogP contribution < -0.4 is 5.32 Å². The number of nitrogens with one attached hydrogen (secondary N) is 1. The van der Waals surface area contributed by atoms with E-state index in [0.717, 1.165) is 33.3 Å². The summed E-state index contributed by atoms with van der Waals surface area (Å²) in [5.74, 6) is 0.739. The van der Waals surface area contributed by atoms with E-state index in [-0.39, 0.29) is 7.47 Å². The van der Waals surface area contributed by atoms with Crippen molar-refractivity contribution in [2.75, 3.05) is 5.32 Å². The summed E-state index contributed by atoms with van der Waals surface area (Å²) in [5.41, 5.74) is 3.53. The molecule has 0 aliphatic rings. The van der Waals surface area contributed by atoms with Crippen LogP contribution in [0.1, 0.15) is 20.0 Å². The number of halogens is 1. The average Bonchev–Trinajstić information content (AvgIpc) is 3.06. The fourth-order valence-electron chi connectivity index (χ4n) is 2.65. The molecule has 0 amide bonds. The highest BCUT2D eigenvalue weighted by Crippen LogP contribution is 2.24.